The lowest BCUT2D eigenvalue weighted by atomic mass is 9.79. The smallest absolute Gasteiger partial charge is 0.0690 e. The van der Waals surface area contributed by atoms with Crippen LogP contribution in [0.4, 0.5) is 5.69 Å². The van der Waals surface area contributed by atoms with E-state index in [2.05, 4.69) is 65.9 Å². The Morgan fingerprint density at radius 1 is 1.44 bits per heavy atom. The third-order valence-electron chi connectivity index (χ3n) is 4.03. The molecule has 0 bridgehead atoms. The Kier molecular flexibility index (Phi) is 3.68. The topological polar surface area (TPSA) is 27.0 Å². The number of benzene rings is 1. The number of nitriles is 1. The van der Waals surface area contributed by atoms with Gasteiger partial charge in [-0.25, -0.2) is 0 Å². The van der Waals surface area contributed by atoms with E-state index in [1.165, 1.54) is 11.3 Å². The second kappa shape index (κ2) is 4.93. The van der Waals surface area contributed by atoms with Crippen LogP contribution in [0.3, 0.4) is 0 Å². The van der Waals surface area contributed by atoms with Crippen molar-refractivity contribution in [2.45, 2.75) is 39.2 Å². The first-order chi connectivity index (χ1) is 8.46. The number of piperidine rings is 1. The van der Waals surface area contributed by atoms with Gasteiger partial charge in [-0.1, -0.05) is 15.9 Å². The van der Waals surface area contributed by atoms with Crippen LogP contribution in [0.1, 0.15) is 32.3 Å². The van der Waals surface area contributed by atoms with Gasteiger partial charge in [0, 0.05) is 16.7 Å². The Morgan fingerprint density at radius 2 is 2.17 bits per heavy atom. The van der Waals surface area contributed by atoms with E-state index in [0.717, 1.165) is 23.9 Å². The highest BCUT2D eigenvalue weighted by molar-refractivity contribution is 9.10. The predicted molar refractivity (Wildman–Crippen MR) is 78.6 cm³/mol. The zero-order chi connectivity index (χ0) is 13.3. The molecule has 1 aromatic rings. The van der Waals surface area contributed by atoms with Crippen LogP contribution in [-0.4, -0.2) is 12.1 Å². The van der Waals surface area contributed by atoms with Crippen molar-refractivity contribution in [1.29, 1.82) is 5.26 Å². The van der Waals surface area contributed by atoms with Crippen molar-refractivity contribution in [2.24, 2.45) is 5.92 Å². The Bertz CT molecular complexity index is 488. The second-order valence-corrected chi connectivity index (χ2v) is 6.48. The van der Waals surface area contributed by atoms with Gasteiger partial charge in [-0.3, -0.25) is 0 Å². The second-order valence-electron chi connectivity index (χ2n) is 5.56. The van der Waals surface area contributed by atoms with E-state index in [-0.39, 0.29) is 11.5 Å². The fourth-order valence-corrected chi connectivity index (χ4v) is 3.33. The number of aryl methyl sites for hydroxylation is 1. The molecular formula is C15H19BrN2. The molecule has 1 saturated heterocycles. The Morgan fingerprint density at radius 3 is 2.78 bits per heavy atom. The summed E-state index contributed by atoms with van der Waals surface area (Å²) in [6, 6.07) is 8.85. The molecule has 0 N–H and O–H groups in total. The number of rotatable bonds is 1. The van der Waals surface area contributed by atoms with E-state index in [9.17, 15) is 5.26 Å². The standard InChI is InChI=1S/C15H19BrN2/c1-11-9-13(16)6-7-14(11)18-8-4-5-12(10-17)15(18,2)3/h6-7,9,12H,4-5,8H2,1-3H3. The van der Waals surface area contributed by atoms with E-state index in [4.69, 9.17) is 0 Å². The van der Waals surface area contributed by atoms with Gasteiger partial charge < -0.3 is 4.90 Å². The van der Waals surface area contributed by atoms with Gasteiger partial charge in [0.05, 0.1) is 17.5 Å². The summed E-state index contributed by atoms with van der Waals surface area (Å²) >= 11 is 3.50. The molecule has 1 heterocycles. The first-order valence-corrected chi connectivity index (χ1v) is 7.19. The average molecular weight is 307 g/mol. The third-order valence-corrected chi connectivity index (χ3v) is 4.52. The summed E-state index contributed by atoms with van der Waals surface area (Å²) in [5.74, 6) is 0.106. The molecule has 0 spiro atoms. The molecule has 1 fully saturated rings. The maximum atomic E-state index is 9.32. The maximum absolute atomic E-state index is 9.32. The molecule has 96 valence electrons. The summed E-state index contributed by atoms with van der Waals surface area (Å²) in [5.41, 5.74) is 2.42. The summed E-state index contributed by atoms with van der Waals surface area (Å²) in [6.07, 6.45) is 2.10. The molecule has 0 aliphatic carbocycles. The SMILES string of the molecule is Cc1cc(Br)ccc1N1CCCC(C#N)C1(C)C. The van der Waals surface area contributed by atoms with Crippen LogP contribution < -0.4 is 4.90 Å². The molecule has 2 rings (SSSR count). The molecular weight excluding hydrogens is 288 g/mol. The number of hydrogen-bond acceptors (Lipinski definition) is 2. The molecule has 1 aliphatic heterocycles. The molecule has 0 saturated carbocycles. The van der Waals surface area contributed by atoms with Crippen LogP contribution in [-0.2, 0) is 0 Å². The third kappa shape index (κ3) is 2.27. The fourth-order valence-electron chi connectivity index (χ4n) is 2.86. The quantitative estimate of drug-likeness (QED) is 0.774. The van der Waals surface area contributed by atoms with E-state index in [1.54, 1.807) is 0 Å². The highest BCUT2D eigenvalue weighted by atomic mass is 79.9. The molecule has 0 aromatic heterocycles. The first kappa shape index (κ1) is 13.4. The molecule has 2 nitrogen and oxygen atoms in total. The van der Waals surface area contributed by atoms with Crippen LogP contribution >= 0.6 is 15.9 Å². The average Bonchev–Trinajstić information content (AvgIpc) is 2.29. The molecule has 0 amide bonds. The van der Waals surface area contributed by atoms with Crippen molar-refractivity contribution >= 4 is 21.6 Å². The van der Waals surface area contributed by atoms with Gasteiger partial charge in [0.15, 0.2) is 0 Å². The minimum atomic E-state index is -0.0917. The minimum Gasteiger partial charge on any atom is -0.365 e. The predicted octanol–water partition coefficient (Wildman–Crippen LogP) is 4.28. The van der Waals surface area contributed by atoms with Gasteiger partial charge in [0.2, 0.25) is 0 Å². The molecule has 1 unspecified atom stereocenters. The molecule has 1 aromatic carbocycles. The van der Waals surface area contributed by atoms with Crippen LogP contribution in [0.2, 0.25) is 0 Å². The van der Waals surface area contributed by atoms with Crippen molar-refractivity contribution in [3.05, 3.63) is 28.2 Å². The summed E-state index contributed by atoms with van der Waals surface area (Å²) < 4.78 is 1.11. The summed E-state index contributed by atoms with van der Waals surface area (Å²) in [5, 5.41) is 9.32. The lowest BCUT2D eigenvalue weighted by Gasteiger charge is -2.47. The van der Waals surface area contributed by atoms with E-state index in [1.807, 2.05) is 0 Å². The Labute approximate surface area is 118 Å². The van der Waals surface area contributed by atoms with Gasteiger partial charge in [-0.2, -0.15) is 5.26 Å². The Hall–Kier alpha value is -1.01. The number of anilines is 1. The van der Waals surface area contributed by atoms with Crippen LogP contribution in [0.25, 0.3) is 0 Å². The van der Waals surface area contributed by atoms with Crippen LogP contribution in [0, 0.1) is 24.2 Å². The molecule has 1 atom stereocenters. The highest BCUT2D eigenvalue weighted by Crippen LogP contribution is 2.38. The fraction of sp³-hybridized carbons (Fsp3) is 0.533. The lowest BCUT2D eigenvalue weighted by Crippen LogP contribution is -2.53. The molecule has 0 radical (unpaired) electrons. The summed E-state index contributed by atoms with van der Waals surface area (Å²) in [6.45, 7) is 7.53. The normalized spacial score (nSPS) is 22.6. The maximum Gasteiger partial charge on any atom is 0.0690 e. The summed E-state index contributed by atoms with van der Waals surface area (Å²) in [7, 11) is 0. The Balaban J connectivity index is 2.40. The van der Waals surface area contributed by atoms with Crippen LogP contribution in [0.15, 0.2) is 22.7 Å². The largest absolute Gasteiger partial charge is 0.365 e. The van der Waals surface area contributed by atoms with Gasteiger partial charge in [-0.05, 0) is 57.4 Å². The van der Waals surface area contributed by atoms with E-state index >= 15 is 0 Å². The van der Waals surface area contributed by atoms with Gasteiger partial charge in [0.1, 0.15) is 0 Å². The van der Waals surface area contributed by atoms with Gasteiger partial charge >= 0.3 is 0 Å². The molecule has 3 heteroatoms. The monoisotopic (exact) mass is 306 g/mol. The minimum absolute atomic E-state index is 0.0917. The lowest BCUT2D eigenvalue weighted by molar-refractivity contribution is 0.292. The molecule has 18 heavy (non-hydrogen) atoms. The van der Waals surface area contributed by atoms with Gasteiger partial charge in [0.25, 0.3) is 0 Å². The number of nitrogens with zero attached hydrogens (tertiary/aromatic N) is 2. The van der Waals surface area contributed by atoms with Crippen molar-refractivity contribution in [3.8, 4) is 6.07 Å². The highest BCUT2D eigenvalue weighted by Gasteiger charge is 2.39. The van der Waals surface area contributed by atoms with Crippen molar-refractivity contribution in [3.63, 3.8) is 0 Å². The zero-order valence-electron chi connectivity index (χ0n) is 11.2. The number of halogens is 1. The zero-order valence-corrected chi connectivity index (χ0v) is 12.8. The van der Waals surface area contributed by atoms with E-state index < -0.39 is 0 Å². The van der Waals surface area contributed by atoms with Crippen molar-refractivity contribution in [1.82, 2.24) is 0 Å². The first-order valence-electron chi connectivity index (χ1n) is 6.40. The van der Waals surface area contributed by atoms with E-state index in [0.29, 0.717) is 0 Å². The summed E-state index contributed by atoms with van der Waals surface area (Å²) in [4.78, 5) is 2.40. The van der Waals surface area contributed by atoms with Crippen molar-refractivity contribution in [2.75, 3.05) is 11.4 Å². The van der Waals surface area contributed by atoms with Crippen molar-refractivity contribution < 1.29 is 0 Å². The molecule has 1 aliphatic rings. The van der Waals surface area contributed by atoms with Crippen LogP contribution in [0.5, 0.6) is 0 Å². The van der Waals surface area contributed by atoms with Gasteiger partial charge in [-0.15, -0.1) is 0 Å². The number of hydrogen-bond donors (Lipinski definition) is 0.